The molecule has 1 aliphatic heterocycles. The average molecular weight is 542 g/mol. The Morgan fingerprint density at radius 1 is 1.03 bits per heavy atom. The summed E-state index contributed by atoms with van der Waals surface area (Å²) in [5, 5.41) is 18.3. The van der Waals surface area contributed by atoms with Gasteiger partial charge in [-0.15, -0.1) is 0 Å². The molecule has 2 heterocycles. The minimum atomic E-state index is -1.31. The summed E-state index contributed by atoms with van der Waals surface area (Å²) in [4.78, 5) is 42.8. The van der Waals surface area contributed by atoms with Gasteiger partial charge >= 0.3 is 0 Å². The number of hydrazone groups is 1. The van der Waals surface area contributed by atoms with Crippen LogP contribution < -0.4 is 15.6 Å². The fourth-order valence-electron chi connectivity index (χ4n) is 4.91. The van der Waals surface area contributed by atoms with Gasteiger partial charge in [0.15, 0.2) is 0 Å². The predicted octanol–water partition coefficient (Wildman–Crippen LogP) is 4.12. The summed E-state index contributed by atoms with van der Waals surface area (Å²) in [5.41, 5.74) is 4.35. The van der Waals surface area contributed by atoms with Crippen LogP contribution in [-0.4, -0.2) is 41.7 Å². The Balaban J connectivity index is 1.67. The molecular weight excluding hydrogens is 516 g/mol. The fraction of sp³-hybridized carbons (Fsp3) is 0.200. The number of hydrogen-bond acceptors (Lipinski definition) is 6. The van der Waals surface area contributed by atoms with Crippen molar-refractivity contribution in [3.05, 3.63) is 99.3 Å². The number of halogens is 1. The molecule has 1 aromatic heterocycles. The van der Waals surface area contributed by atoms with E-state index < -0.39 is 24.3 Å². The highest BCUT2D eigenvalue weighted by Gasteiger charge is 2.35. The summed E-state index contributed by atoms with van der Waals surface area (Å²) in [6.45, 7) is 0. The highest BCUT2D eigenvalue weighted by molar-refractivity contribution is 6.31. The molecule has 0 saturated carbocycles. The zero-order valence-corrected chi connectivity index (χ0v) is 22.2. The number of aromatic amines is 1. The van der Waals surface area contributed by atoms with Crippen LogP contribution in [0.1, 0.15) is 36.4 Å². The minimum absolute atomic E-state index is 0.263. The van der Waals surface area contributed by atoms with E-state index in [-0.39, 0.29) is 18.4 Å². The molecule has 39 heavy (non-hydrogen) atoms. The number of H-pyrrole nitrogens is 1. The number of hydrogen-bond donors (Lipinski definition) is 1. The topological polar surface area (TPSA) is 109 Å². The first-order valence-electron chi connectivity index (χ1n) is 12.5. The number of aromatic nitrogens is 1. The normalized spacial score (nSPS) is 14.9. The highest BCUT2D eigenvalue weighted by Crippen LogP contribution is 2.38. The molecule has 1 atom stereocenters. The summed E-state index contributed by atoms with van der Waals surface area (Å²) in [7, 11) is 3.87. The molecule has 0 unspecified atom stereocenters. The van der Waals surface area contributed by atoms with Crippen LogP contribution in [-0.2, 0) is 9.59 Å². The third-order valence-corrected chi connectivity index (χ3v) is 7.07. The Labute approximate surface area is 230 Å². The standard InChI is InChI=1S/C30H27ClN4O4/c1-34(2)21-11-8-18(9-12-21)25-17-24(33-35(25)26(36)14-15-27(37)38)29-28(19-6-4-3-5-7-19)22-16-20(31)10-13-23(22)32-30(29)39/h3-13,16,25H,14-15,17H2,1-2H3,(H,32,39)(H,37,38)/p-1/t25-/m1/s1. The van der Waals surface area contributed by atoms with E-state index in [0.717, 1.165) is 22.2 Å². The Morgan fingerprint density at radius 3 is 2.41 bits per heavy atom. The first kappa shape index (κ1) is 26.2. The Bertz CT molecular complexity index is 1650. The van der Waals surface area contributed by atoms with Crippen LogP contribution in [0.15, 0.2) is 82.7 Å². The molecule has 5 rings (SSSR count). The van der Waals surface area contributed by atoms with Crippen molar-refractivity contribution < 1.29 is 14.7 Å². The van der Waals surface area contributed by atoms with Crippen molar-refractivity contribution in [3.63, 3.8) is 0 Å². The first-order valence-corrected chi connectivity index (χ1v) is 12.9. The molecule has 0 spiro atoms. The number of nitrogens with one attached hydrogen (secondary N) is 1. The second-order valence-corrected chi connectivity index (χ2v) is 10.1. The van der Waals surface area contributed by atoms with Gasteiger partial charge in [0.05, 0.1) is 17.3 Å². The quantitative estimate of drug-likeness (QED) is 0.378. The number of anilines is 1. The lowest BCUT2D eigenvalue weighted by atomic mass is 9.91. The number of nitrogens with zero attached hydrogens (tertiary/aromatic N) is 3. The lowest BCUT2D eigenvalue weighted by Gasteiger charge is -2.23. The van der Waals surface area contributed by atoms with E-state index in [0.29, 0.717) is 27.4 Å². The number of amides is 1. The molecule has 0 radical (unpaired) electrons. The van der Waals surface area contributed by atoms with Crippen LogP contribution in [0.2, 0.25) is 5.02 Å². The number of carboxylic acid groups (broad SMARTS) is 1. The molecule has 4 aromatic rings. The largest absolute Gasteiger partial charge is 0.550 e. The molecule has 1 amide bonds. The molecular formula is C30H26ClN4O4-. The van der Waals surface area contributed by atoms with E-state index in [1.54, 1.807) is 18.2 Å². The van der Waals surface area contributed by atoms with Crippen molar-refractivity contribution in [2.75, 3.05) is 19.0 Å². The lowest BCUT2D eigenvalue weighted by molar-refractivity contribution is -0.305. The summed E-state index contributed by atoms with van der Waals surface area (Å²) in [6.07, 6.45) is -0.412. The van der Waals surface area contributed by atoms with Gasteiger partial charge in [0.1, 0.15) is 0 Å². The van der Waals surface area contributed by atoms with Gasteiger partial charge in [-0.2, -0.15) is 5.10 Å². The SMILES string of the molecule is CN(C)c1ccc([C@H]2CC(c3c(-c4ccccc4)c4cc(Cl)ccc4[nH]c3=O)=NN2C(=O)CCC(=O)[O-])cc1. The third-order valence-electron chi connectivity index (χ3n) is 6.83. The highest BCUT2D eigenvalue weighted by atomic mass is 35.5. The number of carboxylic acids is 1. The predicted molar refractivity (Wildman–Crippen MR) is 151 cm³/mol. The second kappa shape index (κ2) is 10.7. The van der Waals surface area contributed by atoms with Crippen molar-refractivity contribution in [2.24, 2.45) is 5.10 Å². The van der Waals surface area contributed by atoms with Crippen molar-refractivity contribution >= 4 is 45.8 Å². The Hall–Kier alpha value is -4.43. The number of carbonyl (C=O) groups is 2. The number of aliphatic carboxylic acids is 1. The van der Waals surface area contributed by atoms with Gasteiger partial charge in [-0.3, -0.25) is 9.59 Å². The van der Waals surface area contributed by atoms with Gasteiger partial charge in [0.25, 0.3) is 5.56 Å². The number of rotatable bonds is 7. The lowest BCUT2D eigenvalue weighted by Crippen LogP contribution is -2.29. The van der Waals surface area contributed by atoms with E-state index in [4.69, 9.17) is 11.6 Å². The van der Waals surface area contributed by atoms with Crippen LogP contribution in [0.5, 0.6) is 0 Å². The zero-order valence-electron chi connectivity index (χ0n) is 21.5. The van der Waals surface area contributed by atoms with E-state index in [2.05, 4.69) is 10.1 Å². The van der Waals surface area contributed by atoms with Crippen molar-refractivity contribution in [3.8, 4) is 11.1 Å². The van der Waals surface area contributed by atoms with Crippen molar-refractivity contribution in [2.45, 2.75) is 25.3 Å². The smallest absolute Gasteiger partial charge is 0.258 e. The minimum Gasteiger partial charge on any atom is -0.550 e. The molecule has 0 bridgehead atoms. The molecule has 1 aliphatic rings. The van der Waals surface area contributed by atoms with E-state index >= 15 is 0 Å². The number of pyridine rings is 1. The molecule has 0 fully saturated rings. The summed E-state index contributed by atoms with van der Waals surface area (Å²) < 4.78 is 0. The van der Waals surface area contributed by atoms with Crippen LogP contribution in [0.25, 0.3) is 22.0 Å². The maximum absolute atomic E-state index is 13.6. The van der Waals surface area contributed by atoms with Crippen molar-refractivity contribution in [1.82, 2.24) is 9.99 Å². The van der Waals surface area contributed by atoms with Crippen LogP contribution >= 0.6 is 11.6 Å². The molecule has 8 nitrogen and oxygen atoms in total. The van der Waals surface area contributed by atoms with Gasteiger partial charge in [-0.25, -0.2) is 5.01 Å². The molecule has 1 N–H and O–H groups in total. The Morgan fingerprint density at radius 2 is 1.74 bits per heavy atom. The number of carbonyl (C=O) groups excluding carboxylic acids is 2. The average Bonchev–Trinajstić information content (AvgIpc) is 3.37. The van der Waals surface area contributed by atoms with Gasteiger partial charge < -0.3 is 19.8 Å². The maximum atomic E-state index is 13.6. The van der Waals surface area contributed by atoms with Gasteiger partial charge in [-0.05, 0) is 47.9 Å². The monoisotopic (exact) mass is 541 g/mol. The van der Waals surface area contributed by atoms with Gasteiger partial charge in [0, 0.05) is 60.1 Å². The number of fused-ring (bicyclic) bond motifs is 1. The van der Waals surface area contributed by atoms with Crippen molar-refractivity contribution in [1.29, 1.82) is 0 Å². The molecule has 3 aromatic carbocycles. The molecule has 9 heteroatoms. The van der Waals surface area contributed by atoms with Gasteiger partial charge in [0.2, 0.25) is 5.91 Å². The molecule has 198 valence electrons. The summed E-state index contributed by atoms with van der Waals surface area (Å²) >= 11 is 6.36. The van der Waals surface area contributed by atoms with Crippen LogP contribution in [0.3, 0.4) is 0 Å². The van der Waals surface area contributed by atoms with Crippen LogP contribution in [0, 0.1) is 0 Å². The van der Waals surface area contributed by atoms with Crippen LogP contribution in [0.4, 0.5) is 5.69 Å². The third kappa shape index (κ3) is 5.28. The van der Waals surface area contributed by atoms with E-state index in [1.165, 1.54) is 5.01 Å². The van der Waals surface area contributed by atoms with E-state index in [1.807, 2.05) is 73.6 Å². The molecule has 0 saturated heterocycles. The Kier molecular flexibility index (Phi) is 7.21. The fourth-order valence-corrected chi connectivity index (χ4v) is 5.09. The van der Waals surface area contributed by atoms with E-state index in [9.17, 15) is 19.5 Å². The van der Waals surface area contributed by atoms with Gasteiger partial charge in [-0.1, -0.05) is 54.1 Å². The second-order valence-electron chi connectivity index (χ2n) is 9.62. The summed E-state index contributed by atoms with van der Waals surface area (Å²) in [6, 6.07) is 22.0. The number of benzene rings is 3. The summed E-state index contributed by atoms with van der Waals surface area (Å²) in [5.74, 6) is -1.77. The molecule has 0 aliphatic carbocycles. The maximum Gasteiger partial charge on any atom is 0.258 e. The first-order chi connectivity index (χ1) is 18.7. The zero-order chi connectivity index (χ0) is 27.7.